The van der Waals surface area contributed by atoms with Crippen molar-refractivity contribution in [2.24, 2.45) is 4.99 Å². The summed E-state index contributed by atoms with van der Waals surface area (Å²) in [5, 5.41) is 4.76. The minimum atomic E-state index is 0.714. The topological polar surface area (TPSA) is 53.1 Å². The van der Waals surface area contributed by atoms with Gasteiger partial charge in [0.15, 0.2) is 0 Å². The van der Waals surface area contributed by atoms with Crippen LogP contribution in [-0.2, 0) is 6.42 Å². The molecule has 0 aliphatic carbocycles. The summed E-state index contributed by atoms with van der Waals surface area (Å²) >= 11 is 0. The first kappa shape index (κ1) is 22.1. The molecule has 0 saturated heterocycles. The molecule has 0 fully saturated rings. The smallest absolute Gasteiger partial charge is 0.138 e. The molecule has 5 aromatic rings. The van der Waals surface area contributed by atoms with Crippen LogP contribution in [0.3, 0.4) is 0 Å². The van der Waals surface area contributed by atoms with Gasteiger partial charge < -0.3 is 10.3 Å². The van der Waals surface area contributed by atoms with Gasteiger partial charge in [0.1, 0.15) is 5.49 Å². The summed E-state index contributed by atoms with van der Waals surface area (Å²) in [7, 11) is 0. The highest BCUT2D eigenvalue weighted by atomic mass is 14.9. The molecule has 176 valence electrons. The predicted octanol–water partition coefficient (Wildman–Crippen LogP) is 7.14. The van der Waals surface area contributed by atoms with Gasteiger partial charge in [-0.3, -0.25) is 4.98 Å². The van der Waals surface area contributed by atoms with Crippen LogP contribution in [-0.4, -0.2) is 16.5 Å². The van der Waals surface area contributed by atoms with Gasteiger partial charge in [-0.2, -0.15) is 0 Å². The Bertz CT molecular complexity index is 1660. The van der Waals surface area contributed by atoms with Gasteiger partial charge in [0.05, 0.1) is 16.9 Å². The molecule has 0 atom stereocenters. The molecule has 4 heteroatoms. The zero-order valence-corrected chi connectivity index (χ0v) is 20.4. The Morgan fingerprint density at radius 3 is 2.64 bits per heavy atom. The third kappa shape index (κ3) is 4.11. The number of H-pyrrole nitrogens is 1. The Morgan fingerprint density at radius 1 is 0.889 bits per heavy atom. The minimum absolute atomic E-state index is 0.714. The quantitative estimate of drug-likeness (QED) is 0.295. The molecule has 6 rings (SSSR count). The van der Waals surface area contributed by atoms with Gasteiger partial charge in [-0.1, -0.05) is 67.2 Å². The third-order valence-corrected chi connectivity index (χ3v) is 6.79. The van der Waals surface area contributed by atoms with E-state index in [-0.39, 0.29) is 0 Å². The number of pyridine rings is 2. The SMILES string of the molecule is C=C(/N=c1\[nH]cccc1-c1ccccc1)c1cccc(-c2cc(C)nc3c4c(ccc23)CCCN4)c1. The maximum Gasteiger partial charge on any atom is 0.138 e. The fourth-order valence-electron chi connectivity index (χ4n) is 5.04. The summed E-state index contributed by atoms with van der Waals surface area (Å²) in [6, 6.07) is 29.5. The van der Waals surface area contributed by atoms with Gasteiger partial charge in [-0.15, -0.1) is 0 Å². The van der Waals surface area contributed by atoms with Crippen molar-refractivity contribution in [1.82, 2.24) is 9.97 Å². The molecule has 0 unspecified atom stereocenters. The number of anilines is 1. The summed E-state index contributed by atoms with van der Waals surface area (Å²) in [5.41, 5.74) is 11.6. The van der Waals surface area contributed by atoms with E-state index >= 15 is 0 Å². The summed E-state index contributed by atoms with van der Waals surface area (Å²) in [6.45, 7) is 7.38. The van der Waals surface area contributed by atoms with E-state index in [1.807, 2.05) is 30.5 Å². The molecular formula is C32H28N4. The monoisotopic (exact) mass is 468 g/mol. The molecule has 0 amide bonds. The van der Waals surface area contributed by atoms with Crippen LogP contribution in [0.25, 0.3) is 38.9 Å². The summed E-state index contributed by atoms with van der Waals surface area (Å²) < 4.78 is 0. The van der Waals surface area contributed by atoms with E-state index in [2.05, 4.69) is 84.5 Å². The molecule has 1 aliphatic rings. The van der Waals surface area contributed by atoms with E-state index in [1.54, 1.807) is 0 Å². The van der Waals surface area contributed by atoms with E-state index < -0.39 is 0 Å². The minimum Gasteiger partial charge on any atom is -0.383 e. The summed E-state index contributed by atoms with van der Waals surface area (Å²) in [4.78, 5) is 13.1. The first-order valence-corrected chi connectivity index (χ1v) is 12.4. The van der Waals surface area contributed by atoms with Crippen LogP contribution >= 0.6 is 0 Å². The molecule has 36 heavy (non-hydrogen) atoms. The number of hydrogen-bond donors (Lipinski definition) is 2. The van der Waals surface area contributed by atoms with Crippen molar-refractivity contribution in [3.63, 3.8) is 0 Å². The second-order valence-electron chi connectivity index (χ2n) is 9.28. The molecular weight excluding hydrogens is 440 g/mol. The average molecular weight is 469 g/mol. The maximum atomic E-state index is 4.92. The number of aromatic nitrogens is 2. The number of benzene rings is 3. The zero-order chi connectivity index (χ0) is 24.5. The number of aryl methyl sites for hydroxylation is 2. The van der Waals surface area contributed by atoms with Crippen molar-refractivity contribution in [2.75, 3.05) is 11.9 Å². The lowest BCUT2D eigenvalue weighted by Gasteiger charge is -2.21. The normalized spacial score (nSPS) is 13.3. The number of hydrogen-bond acceptors (Lipinski definition) is 3. The highest BCUT2D eigenvalue weighted by molar-refractivity contribution is 6.02. The van der Waals surface area contributed by atoms with Gasteiger partial charge in [-0.25, -0.2) is 4.99 Å². The molecule has 4 nitrogen and oxygen atoms in total. The van der Waals surface area contributed by atoms with Crippen LogP contribution in [0.4, 0.5) is 5.69 Å². The van der Waals surface area contributed by atoms with Crippen LogP contribution < -0.4 is 10.8 Å². The lowest BCUT2D eigenvalue weighted by atomic mass is 9.94. The lowest BCUT2D eigenvalue weighted by molar-refractivity contribution is 0.832. The largest absolute Gasteiger partial charge is 0.383 e. The Balaban J connectivity index is 1.43. The number of nitrogens with one attached hydrogen (secondary N) is 2. The first-order valence-electron chi connectivity index (χ1n) is 12.4. The maximum absolute atomic E-state index is 4.92. The van der Waals surface area contributed by atoms with Crippen LogP contribution in [0, 0.1) is 6.92 Å². The zero-order valence-electron chi connectivity index (χ0n) is 20.4. The molecule has 0 bridgehead atoms. The van der Waals surface area contributed by atoms with Gasteiger partial charge in [0.2, 0.25) is 0 Å². The molecule has 2 aromatic heterocycles. The standard InChI is InChI=1S/C32H28N4/c1-21-19-29(28-16-15-24-13-7-17-33-30(24)31(28)35-21)26-12-6-11-25(20-26)22(2)36-32-27(14-8-18-34-32)23-9-4-3-5-10-23/h3-6,8-12,14-16,18-20,33H,2,7,13,17H2,1H3,(H,34,36). The van der Waals surface area contributed by atoms with Crippen molar-refractivity contribution >= 4 is 22.3 Å². The Labute approximate surface area is 211 Å². The van der Waals surface area contributed by atoms with E-state index in [0.717, 1.165) is 63.7 Å². The van der Waals surface area contributed by atoms with Crippen LogP contribution in [0.5, 0.6) is 0 Å². The number of nitrogens with zero attached hydrogens (tertiary/aromatic N) is 2. The molecule has 0 saturated carbocycles. The molecule has 0 radical (unpaired) electrons. The van der Waals surface area contributed by atoms with Crippen LogP contribution in [0.2, 0.25) is 0 Å². The van der Waals surface area contributed by atoms with Crippen LogP contribution in [0.15, 0.2) is 103 Å². The number of fused-ring (bicyclic) bond motifs is 3. The Morgan fingerprint density at radius 2 is 1.75 bits per heavy atom. The van der Waals surface area contributed by atoms with Crippen molar-refractivity contribution in [2.45, 2.75) is 19.8 Å². The molecule has 1 aliphatic heterocycles. The van der Waals surface area contributed by atoms with Crippen molar-refractivity contribution in [3.05, 3.63) is 120 Å². The fraction of sp³-hybridized carbons (Fsp3) is 0.125. The summed E-state index contributed by atoms with van der Waals surface area (Å²) in [6.07, 6.45) is 4.16. The fourth-order valence-corrected chi connectivity index (χ4v) is 5.04. The van der Waals surface area contributed by atoms with Gasteiger partial charge >= 0.3 is 0 Å². The number of rotatable bonds is 4. The second-order valence-corrected chi connectivity index (χ2v) is 9.28. The van der Waals surface area contributed by atoms with E-state index in [1.165, 1.54) is 16.8 Å². The van der Waals surface area contributed by atoms with Gasteiger partial charge in [0.25, 0.3) is 0 Å². The van der Waals surface area contributed by atoms with Crippen molar-refractivity contribution in [1.29, 1.82) is 0 Å². The molecule has 0 spiro atoms. The summed E-state index contributed by atoms with van der Waals surface area (Å²) in [5.74, 6) is 0. The highest BCUT2D eigenvalue weighted by Gasteiger charge is 2.16. The third-order valence-electron chi connectivity index (χ3n) is 6.79. The van der Waals surface area contributed by atoms with Crippen LogP contribution in [0.1, 0.15) is 23.2 Å². The van der Waals surface area contributed by atoms with Crippen molar-refractivity contribution in [3.8, 4) is 22.3 Å². The molecule has 3 aromatic carbocycles. The van der Waals surface area contributed by atoms with E-state index in [4.69, 9.17) is 9.98 Å². The van der Waals surface area contributed by atoms with E-state index in [0.29, 0.717) is 5.70 Å². The van der Waals surface area contributed by atoms with E-state index in [9.17, 15) is 0 Å². The second kappa shape index (κ2) is 9.31. The average Bonchev–Trinajstić information content (AvgIpc) is 2.93. The Hall–Kier alpha value is -4.44. The Kier molecular flexibility index (Phi) is 5.70. The van der Waals surface area contributed by atoms with Gasteiger partial charge in [-0.05, 0) is 66.3 Å². The van der Waals surface area contributed by atoms with Gasteiger partial charge in [0, 0.05) is 34.9 Å². The van der Waals surface area contributed by atoms with Crippen molar-refractivity contribution < 1.29 is 0 Å². The molecule has 3 heterocycles. The highest BCUT2D eigenvalue weighted by Crippen LogP contribution is 2.36. The lowest BCUT2D eigenvalue weighted by Crippen LogP contribution is -2.12. The first-order chi connectivity index (χ1) is 17.7. The predicted molar refractivity (Wildman–Crippen MR) is 150 cm³/mol. The molecule has 2 N–H and O–H groups in total. The number of aromatic amines is 1.